The summed E-state index contributed by atoms with van der Waals surface area (Å²) in [5.74, 6) is 1.73. The highest BCUT2D eigenvalue weighted by Gasteiger charge is 2.27. The molecule has 0 aliphatic heterocycles. The van der Waals surface area contributed by atoms with Gasteiger partial charge in [0.25, 0.3) is 0 Å². The van der Waals surface area contributed by atoms with Crippen molar-refractivity contribution in [2.24, 2.45) is 5.41 Å². The Bertz CT molecular complexity index is 296. The van der Waals surface area contributed by atoms with E-state index in [1.807, 2.05) is 6.08 Å². The van der Waals surface area contributed by atoms with E-state index in [4.69, 9.17) is 7.85 Å². The average Bonchev–Trinajstić information content (AvgIpc) is 2.73. The van der Waals surface area contributed by atoms with Gasteiger partial charge in [0.15, 0.2) is 0 Å². The highest BCUT2D eigenvalue weighted by Crippen LogP contribution is 2.40. The van der Waals surface area contributed by atoms with E-state index >= 15 is 0 Å². The van der Waals surface area contributed by atoms with Crippen molar-refractivity contribution in [3.05, 3.63) is 48.5 Å². The zero-order chi connectivity index (χ0) is 11.1. The van der Waals surface area contributed by atoms with Gasteiger partial charge in [-0.15, -0.1) is 12.6 Å². The first-order valence-corrected chi connectivity index (χ1v) is 5.60. The number of rotatable bonds is 5. The van der Waals surface area contributed by atoms with Gasteiger partial charge in [0.1, 0.15) is 7.85 Å². The van der Waals surface area contributed by atoms with Crippen molar-refractivity contribution >= 4 is 7.85 Å². The van der Waals surface area contributed by atoms with Crippen LogP contribution in [0.5, 0.6) is 0 Å². The number of hydrogen-bond donors (Lipinski definition) is 0. The molecule has 0 nitrogen and oxygen atoms in total. The monoisotopic (exact) mass is 198 g/mol. The van der Waals surface area contributed by atoms with Crippen molar-refractivity contribution in [1.82, 2.24) is 0 Å². The molecule has 1 rings (SSSR count). The van der Waals surface area contributed by atoms with Crippen molar-refractivity contribution in [3.63, 3.8) is 0 Å². The number of hydrogen-bond acceptors (Lipinski definition) is 0. The second-order valence-corrected chi connectivity index (χ2v) is 4.10. The van der Waals surface area contributed by atoms with E-state index in [0.717, 1.165) is 25.7 Å². The maximum absolute atomic E-state index is 5.62. The summed E-state index contributed by atoms with van der Waals surface area (Å²) in [7, 11) is 5.62. The lowest BCUT2D eigenvalue weighted by Crippen LogP contribution is -2.13. The maximum atomic E-state index is 5.62. The summed E-state index contributed by atoms with van der Waals surface area (Å²) in [6, 6.07) is 0. The second-order valence-electron chi connectivity index (χ2n) is 4.10. The van der Waals surface area contributed by atoms with E-state index in [-0.39, 0.29) is 5.41 Å². The van der Waals surface area contributed by atoms with E-state index in [2.05, 4.69) is 37.8 Å². The van der Waals surface area contributed by atoms with Crippen molar-refractivity contribution < 1.29 is 0 Å². The fourth-order valence-corrected chi connectivity index (χ4v) is 1.96. The minimum atomic E-state index is 0.0932. The summed E-state index contributed by atoms with van der Waals surface area (Å²) in [5, 5.41) is 0. The number of unbranched alkanes of at least 4 members (excludes halogenated alkanes) is 1. The van der Waals surface area contributed by atoms with Crippen LogP contribution in [0.3, 0.4) is 0 Å². The molecular formula is C14H19B. The molecule has 0 saturated heterocycles. The Kier molecular flexibility index (Phi) is 4.67. The zero-order valence-corrected chi connectivity index (χ0v) is 9.58. The fraction of sp³-hybridized carbons (Fsp3) is 0.429. The molecule has 15 heavy (non-hydrogen) atoms. The molecule has 1 aliphatic rings. The van der Waals surface area contributed by atoms with Gasteiger partial charge in [0.05, 0.1) is 0 Å². The first-order valence-electron chi connectivity index (χ1n) is 5.60. The van der Waals surface area contributed by atoms with Crippen LogP contribution in [0.15, 0.2) is 48.5 Å². The molecule has 0 saturated carbocycles. The molecule has 0 N–H and O–H groups in total. The molecule has 78 valence electrons. The molecule has 0 aromatic carbocycles. The topological polar surface area (TPSA) is 0 Å². The molecule has 1 heteroatoms. The van der Waals surface area contributed by atoms with Gasteiger partial charge in [0, 0.05) is 5.41 Å². The molecule has 1 aliphatic carbocycles. The van der Waals surface area contributed by atoms with Gasteiger partial charge in [-0.1, -0.05) is 36.0 Å². The molecule has 0 amide bonds. The molecule has 1 atom stereocenters. The van der Waals surface area contributed by atoms with Gasteiger partial charge in [0.2, 0.25) is 0 Å². The summed E-state index contributed by atoms with van der Waals surface area (Å²) < 4.78 is 0. The normalized spacial score (nSPS) is 26.3. The highest BCUT2D eigenvalue weighted by atomic mass is 14.3. The van der Waals surface area contributed by atoms with E-state index in [0.29, 0.717) is 0 Å². The smallest absolute Gasteiger partial charge is 0.102 e. The molecule has 0 spiro atoms. The van der Waals surface area contributed by atoms with E-state index < -0.39 is 0 Å². The third-order valence-corrected chi connectivity index (χ3v) is 3.08. The van der Waals surface area contributed by atoms with Gasteiger partial charge in [-0.05, 0) is 32.6 Å². The van der Waals surface area contributed by atoms with Crippen LogP contribution in [0.25, 0.3) is 0 Å². The van der Waals surface area contributed by atoms with Crippen molar-refractivity contribution in [2.45, 2.75) is 32.6 Å². The molecule has 1 unspecified atom stereocenters. The largest absolute Gasteiger partial charge is 0.131 e. The van der Waals surface area contributed by atoms with Crippen LogP contribution in [0, 0.1) is 5.41 Å². The van der Waals surface area contributed by atoms with Gasteiger partial charge in [-0.25, -0.2) is 0 Å². The lowest BCUT2D eigenvalue weighted by Gasteiger charge is -2.25. The van der Waals surface area contributed by atoms with Crippen LogP contribution >= 0.6 is 0 Å². The van der Waals surface area contributed by atoms with Gasteiger partial charge in [-0.2, -0.15) is 0 Å². The third-order valence-electron chi connectivity index (χ3n) is 3.08. The Labute approximate surface area is 94.9 Å². The van der Waals surface area contributed by atoms with Crippen molar-refractivity contribution in [2.75, 3.05) is 0 Å². The quantitative estimate of drug-likeness (QED) is 0.357. The Morgan fingerprint density at radius 2 is 2.33 bits per heavy atom. The predicted molar refractivity (Wildman–Crippen MR) is 68.9 cm³/mol. The minimum Gasteiger partial charge on any atom is -0.131 e. The summed E-state index contributed by atoms with van der Waals surface area (Å²) in [6.45, 7) is 5.82. The number of allylic oxidation sites excluding steroid dienone is 6. The molecule has 2 radical (unpaired) electrons. The van der Waals surface area contributed by atoms with Crippen LogP contribution in [0.4, 0.5) is 0 Å². The maximum Gasteiger partial charge on any atom is 0.102 e. The second kappa shape index (κ2) is 5.80. The first kappa shape index (κ1) is 12.1. The van der Waals surface area contributed by atoms with Gasteiger partial charge in [-0.3, -0.25) is 0 Å². The van der Waals surface area contributed by atoms with E-state index in [1.165, 1.54) is 5.57 Å². The third kappa shape index (κ3) is 2.99. The Morgan fingerprint density at radius 3 is 2.87 bits per heavy atom. The molecule has 0 heterocycles. The van der Waals surface area contributed by atoms with Crippen molar-refractivity contribution in [1.29, 1.82) is 0 Å². The SMILES string of the molecule is [B]C=C(C)C1(C=CCCC=C)C=CCC1. The van der Waals surface area contributed by atoms with Crippen LogP contribution in [0.2, 0.25) is 0 Å². The lowest BCUT2D eigenvalue weighted by atomic mass is 9.77. The summed E-state index contributed by atoms with van der Waals surface area (Å²) >= 11 is 0. The van der Waals surface area contributed by atoms with E-state index in [9.17, 15) is 0 Å². The molecule has 0 aromatic rings. The standard InChI is InChI=1S/C14H19B/c1-3-4-5-6-9-14(13(2)12-15)10-7-8-11-14/h3,6-7,9-10,12H,1,4-5,8,11H2,2H3. The van der Waals surface area contributed by atoms with Crippen LogP contribution in [-0.2, 0) is 0 Å². The van der Waals surface area contributed by atoms with Gasteiger partial charge < -0.3 is 0 Å². The summed E-state index contributed by atoms with van der Waals surface area (Å²) in [6.07, 6.45) is 15.4. The van der Waals surface area contributed by atoms with Crippen LogP contribution in [0.1, 0.15) is 32.6 Å². The Hall–Kier alpha value is -0.975. The highest BCUT2D eigenvalue weighted by molar-refractivity contribution is 6.17. The van der Waals surface area contributed by atoms with Crippen molar-refractivity contribution in [3.8, 4) is 0 Å². The molecule has 0 fully saturated rings. The lowest BCUT2D eigenvalue weighted by molar-refractivity contribution is 0.569. The van der Waals surface area contributed by atoms with Crippen LogP contribution in [-0.4, -0.2) is 7.85 Å². The molecule has 0 bridgehead atoms. The summed E-state index contributed by atoms with van der Waals surface area (Å²) in [5.41, 5.74) is 1.33. The zero-order valence-electron chi connectivity index (χ0n) is 9.58. The fourth-order valence-electron chi connectivity index (χ4n) is 1.96. The average molecular weight is 198 g/mol. The van der Waals surface area contributed by atoms with Gasteiger partial charge >= 0.3 is 0 Å². The summed E-state index contributed by atoms with van der Waals surface area (Å²) in [4.78, 5) is 0. The Balaban J connectivity index is 2.70. The van der Waals surface area contributed by atoms with E-state index in [1.54, 1.807) is 5.98 Å². The predicted octanol–water partition coefficient (Wildman–Crippen LogP) is 3.92. The first-order chi connectivity index (χ1) is 7.25. The molecule has 0 aromatic heterocycles. The molecular weight excluding hydrogens is 179 g/mol. The Morgan fingerprint density at radius 1 is 1.53 bits per heavy atom. The minimum absolute atomic E-state index is 0.0932. The van der Waals surface area contributed by atoms with Crippen LogP contribution < -0.4 is 0 Å².